The van der Waals surface area contributed by atoms with E-state index in [9.17, 15) is 21.6 Å². The van der Waals surface area contributed by atoms with E-state index in [2.05, 4.69) is 9.97 Å². The van der Waals surface area contributed by atoms with Gasteiger partial charge < -0.3 is 0 Å². The van der Waals surface area contributed by atoms with Crippen LogP contribution in [-0.4, -0.2) is 23.6 Å². The van der Waals surface area contributed by atoms with Gasteiger partial charge in [0.25, 0.3) is 0 Å². The first-order valence-corrected chi connectivity index (χ1v) is 7.91. The van der Waals surface area contributed by atoms with E-state index in [0.717, 1.165) is 6.33 Å². The molecule has 0 bridgehead atoms. The predicted octanol–water partition coefficient (Wildman–Crippen LogP) is 3.34. The van der Waals surface area contributed by atoms with E-state index in [1.54, 1.807) is 0 Å². The van der Waals surface area contributed by atoms with Crippen molar-refractivity contribution >= 4 is 9.84 Å². The molecule has 0 aliphatic heterocycles. The maximum absolute atomic E-state index is 13.1. The van der Waals surface area contributed by atoms with Gasteiger partial charge in [-0.05, 0) is 19.9 Å². The monoisotopic (exact) mass is 330 g/mol. The Bertz CT molecular complexity index is 787. The molecule has 0 N–H and O–H groups in total. The molecular formula is C14H13F3N2O2S. The van der Waals surface area contributed by atoms with Gasteiger partial charge in [-0.2, -0.15) is 13.2 Å². The maximum Gasteiger partial charge on any atom is 0.419 e. The molecule has 8 heteroatoms. The molecule has 2 aromatic rings. The predicted molar refractivity (Wildman–Crippen MR) is 74.8 cm³/mol. The molecule has 0 fully saturated rings. The van der Waals surface area contributed by atoms with Gasteiger partial charge in [-0.1, -0.05) is 18.2 Å². The Balaban J connectivity index is 2.77. The largest absolute Gasteiger partial charge is 0.419 e. The highest BCUT2D eigenvalue weighted by molar-refractivity contribution is 7.92. The molecule has 0 amide bonds. The van der Waals surface area contributed by atoms with Gasteiger partial charge in [0.2, 0.25) is 0 Å². The van der Waals surface area contributed by atoms with Gasteiger partial charge in [-0.3, -0.25) is 0 Å². The molecule has 0 radical (unpaired) electrons. The first-order valence-electron chi connectivity index (χ1n) is 6.36. The SMILES string of the molecule is CC(C)S(=O)(=O)c1ccccc1-c1ncncc1C(F)(F)F. The summed E-state index contributed by atoms with van der Waals surface area (Å²) in [7, 11) is -3.75. The lowest BCUT2D eigenvalue weighted by atomic mass is 10.1. The van der Waals surface area contributed by atoms with Gasteiger partial charge in [0.15, 0.2) is 9.84 Å². The zero-order valence-electron chi connectivity index (χ0n) is 11.8. The van der Waals surface area contributed by atoms with Crippen LogP contribution in [0, 0.1) is 0 Å². The summed E-state index contributed by atoms with van der Waals surface area (Å²) in [6, 6.07) is 5.53. The Labute approximate surface area is 126 Å². The van der Waals surface area contributed by atoms with Crippen LogP contribution in [0.1, 0.15) is 19.4 Å². The van der Waals surface area contributed by atoms with Crippen LogP contribution in [0.25, 0.3) is 11.3 Å². The summed E-state index contributed by atoms with van der Waals surface area (Å²) in [4.78, 5) is 6.86. The number of halogens is 3. The van der Waals surface area contributed by atoms with Gasteiger partial charge in [-0.15, -0.1) is 0 Å². The summed E-state index contributed by atoms with van der Waals surface area (Å²) in [6.45, 7) is 2.94. The van der Waals surface area contributed by atoms with Crippen molar-refractivity contribution in [1.29, 1.82) is 0 Å². The molecule has 22 heavy (non-hydrogen) atoms. The third-order valence-corrected chi connectivity index (χ3v) is 5.30. The average molecular weight is 330 g/mol. The minimum atomic E-state index is -4.68. The van der Waals surface area contributed by atoms with Crippen molar-refractivity contribution in [2.75, 3.05) is 0 Å². The number of rotatable bonds is 3. The average Bonchev–Trinajstić information content (AvgIpc) is 2.46. The Hall–Kier alpha value is -1.96. The Morgan fingerprint density at radius 2 is 1.77 bits per heavy atom. The van der Waals surface area contributed by atoms with Crippen LogP contribution in [0.4, 0.5) is 13.2 Å². The topological polar surface area (TPSA) is 59.9 Å². The second-order valence-electron chi connectivity index (χ2n) is 4.87. The van der Waals surface area contributed by atoms with E-state index in [4.69, 9.17) is 0 Å². The number of hydrogen-bond donors (Lipinski definition) is 0. The van der Waals surface area contributed by atoms with Crippen LogP contribution < -0.4 is 0 Å². The highest BCUT2D eigenvalue weighted by atomic mass is 32.2. The fourth-order valence-electron chi connectivity index (χ4n) is 1.92. The van der Waals surface area contributed by atoms with Crippen molar-refractivity contribution < 1.29 is 21.6 Å². The standard InChI is InChI=1S/C14H13F3N2O2S/c1-9(2)22(20,21)12-6-4-3-5-10(12)13-11(14(15,16)17)7-18-8-19-13/h3-9H,1-2H3. The number of sulfone groups is 1. The highest BCUT2D eigenvalue weighted by Crippen LogP contribution is 2.37. The zero-order chi connectivity index (χ0) is 16.5. The van der Waals surface area contributed by atoms with Gasteiger partial charge in [-0.25, -0.2) is 18.4 Å². The van der Waals surface area contributed by atoms with E-state index < -0.39 is 32.5 Å². The first-order chi connectivity index (χ1) is 10.2. The van der Waals surface area contributed by atoms with E-state index >= 15 is 0 Å². The smallest absolute Gasteiger partial charge is 0.244 e. The van der Waals surface area contributed by atoms with Gasteiger partial charge in [0.05, 0.1) is 15.8 Å². The third-order valence-electron chi connectivity index (χ3n) is 3.09. The molecule has 1 aromatic carbocycles. The van der Waals surface area contributed by atoms with Gasteiger partial charge in [0.1, 0.15) is 11.9 Å². The van der Waals surface area contributed by atoms with Crippen LogP contribution in [0.2, 0.25) is 0 Å². The van der Waals surface area contributed by atoms with Crippen molar-refractivity contribution in [2.45, 2.75) is 30.2 Å². The zero-order valence-corrected chi connectivity index (χ0v) is 12.6. The summed E-state index contributed by atoms with van der Waals surface area (Å²) in [6.07, 6.45) is -3.07. The minimum absolute atomic E-state index is 0.0778. The van der Waals surface area contributed by atoms with Crippen LogP contribution in [0.5, 0.6) is 0 Å². The van der Waals surface area contributed by atoms with E-state index in [1.807, 2.05) is 0 Å². The quantitative estimate of drug-likeness (QED) is 0.866. The number of benzene rings is 1. The molecule has 0 saturated heterocycles. The van der Waals surface area contributed by atoms with Crippen molar-refractivity contribution in [3.8, 4) is 11.3 Å². The molecule has 2 rings (SSSR count). The lowest BCUT2D eigenvalue weighted by molar-refractivity contribution is -0.137. The van der Waals surface area contributed by atoms with E-state index in [1.165, 1.54) is 38.1 Å². The Kier molecular flexibility index (Phi) is 4.23. The fraction of sp³-hybridized carbons (Fsp3) is 0.286. The van der Waals surface area contributed by atoms with Crippen molar-refractivity contribution in [1.82, 2.24) is 9.97 Å². The minimum Gasteiger partial charge on any atom is -0.244 e. The Morgan fingerprint density at radius 3 is 2.36 bits per heavy atom. The normalized spacial score (nSPS) is 12.6. The van der Waals surface area contributed by atoms with Crippen LogP contribution >= 0.6 is 0 Å². The molecule has 1 heterocycles. The molecule has 0 saturated carbocycles. The van der Waals surface area contributed by atoms with Crippen molar-refractivity contribution in [3.63, 3.8) is 0 Å². The highest BCUT2D eigenvalue weighted by Gasteiger charge is 2.36. The van der Waals surface area contributed by atoms with Gasteiger partial charge >= 0.3 is 6.18 Å². The summed E-state index contributed by atoms with van der Waals surface area (Å²) in [5.74, 6) is 0. The van der Waals surface area contributed by atoms with Crippen molar-refractivity contribution in [3.05, 3.63) is 42.4 Å². The molecule has 1 aromatic heterocycles. The first kappa shape index (κ1) is 16.4. The molecule has 0 atom stereocenters. The molecule has 0 unspecified atom stereocenters. The summed E-state index contributed by atoms with van der Waals surface area (Å²) < 4.78 is 64.0. The number of aromatic nitrogens is 2. The summed E-state index contributed by atoms with van der Waals surface area (Å²) >= 11 is 0. The second-order valence-corrected chi connectivity index (χ2v) is 7.35. The van der Waals surface area contributed by atoms with Crippen molar-refractivity contribution in [2.24, 2.45) is 0 Å². The fourth-order valence-corrected chi connectivity index (χ4v) is 3.16. The van der Waals surface area contributed by atoms with Crippen LogP contribution in [0.15, 0.2) is 41.7 Å². The second kappa shape index (κ2) is 5.68. The molecule has 0 spiro atoms. The lowest BCUT2D eigenvalue weighted by Gasteiger charge is -2.15. The number of alkyl halides is 3. The van der Waals surface area contributed by atoms with Crippen LogP contribution in [0.3, 0.4) is 0 Å². The summed E-state index contributed by atoms with van der Waals surface area (Å²) in [5, 5.41) is -0.759. The summed E-state index contributed by atoms with van der Waals surface area (Å²) in [5.41, 5.74) is -1.59. The lowest BCUT2D eigenvalue weighted by Crippen LogP contribution is -2.16. The number of nitrogens with zero attached hydrogens (tertiary/aromatic N) is 2. The maximum atomic E-state index is 13.1. The number of hydrogen-bond acceptors (Lipinski definition) is 4. The molecule has 0 aliphatic rings. The van der Waals surface area contributed by atoms with E-state index in [-0.39, 0.29) is 10.5 Å². The Morgan fingerprint density at radius 1 is 1.14 bits per heavy atom. The molecule has 118 valence electrons. The van der Waals surface area contributed by atoms with Gasteiger partial charge in [0, 0.05) is 11.8 Å². The van der Waals surface area contributed by atoms with E-state index in [0.29, 0.717) is 6.20 Å². The van der Waals surface area contributed by atoms with Crippen LogP contribution in [-0.2, 0) is 16.0 Å². The molecule has 0 aliphatic carbocycles. The third kappa shape index (κ3) is 2.96. The molecular weight excluding hydrogens is 317 g/mol. The molecule has 4 nitrogen and oxygen atoms in total.